The lowest BCUT2D eigenvalue weighted by Crippen LogP contribution is -2.44. The minimum atomic E-state index is -0.538. The number of carbonyl (C=O) groups excluding carboxylic acids is 3. The highest BCUT2D eigenvalue weighted by Gasteiger charge is 2.27. The first-order chi connectivity index (χ1) is 17.0. The number of rotatable bonds is 7. The van der Waals surface area contributed by atoms with Crippen LogP contribution in [0.15, 0.2) is 42.7 Å². The molecule has 2 N–H and O–H groups in total. The van der Waals surface area contributed by atoms with Crippen LogP contribution in [0.2, 0.25) is 0 Å². The first-order valence-corrected chi connectivity index (χ1v) is 12.5. The van der Waals surface area contributed by atoms with Crippen LogP contribution < -0.4 is 10.6 Å². The number of pyridine rings is 1. The Bertz CT molecular complexity index is 1040. The van der Waals surface area contributed by atoms with Gasteiger partial charge in [0.25, 0.3) is 5.91 Å². The number of carbonyl (C=O) groups is 3. The van der Waals surface area contributed by atoms with Gasteiger partial charge in [0.1, 0.15) is 0 Å². The SMILES string of the molecule is COC(=O)c1cncc(C(=O)Nc2cccc(CN3CCC(C(=O)NC4CCCCC4)CC3)c2)c1. The Morgan fingerprint density at radius 3 is 2.49 bits per heavy atom. The molecular weight excluding hydrogens is 444 g/mol. The summed E-state index contributed by atoms with van der Waals surface area (Å²) in [6.07, 6.45) is 10.5. The number of amides is 2. The van der Waals surface area contributed by atoms with Crippen LogP contribution in [0.4, 0.5) is 5.69 Å². The van der Waals surface area contributed by atoms with Crippen LogP contribution in [-0.4, -0.2) is 53.9 Å². The maximum absolute atomic E-state index is 12.7. The van der Waals surface area contributed by atoms with Crippen molar-refractivity contribution in [3.63, 3.8) is 0 Å². The normalized spacial score (nSPS) is 17.5. The molecule has 0 bridgehead atoms. The molecule has 1 saturated carbocycles. The molecule has 8 nitrogen and oxygen atoms in total. The zero-order valence-corrected chi connectivity index (χ0v) is 20.3. The number of anilines is 1. The van der Waals surface area contributed by atoms with Crippen molar-refractivity contribution >= 4 is 23.5 Å². The molecule has 35 heavy (non-hydrogen) atoms. The van der Waals surface area contributed by atoms with Gasteiger partial charge in [0.2, 0.25) is 5.91 Å². The number of nitrogens with one attached hydrogen (secondary N) is 2. The second-order valence-corrected chi connectivity index (χ2v) is 9.50. The minimum Gasteiger partial charge on any atom is -0.465 e. The van der Waals surface area contributed by atoms with E-state index in [9.17, 15) is 14.4 Å². The highest BCUT2D eigenvalue weighted by molar-refractivity contribution is 6.05. The topological polar surface area (TPSA) is 101 Å². The van der Waals surface area contributed by atoms with Crippen molar-refractivity contribution in [3.05, 3.63) is 59.4 Å². The van der Waals surface area contributed by atoms with Gasteiger partial charge in [0.15, 0.2) is 0 Å². The number of piperidine rings is 1. The van der Waals surface area contributed by atoms with Gasteiger partial charge in [0, 0.05) is 36.6 Å². The van der Waals surface area contributed by atoms with E-state index in [-0.39, 0.29) is 28.9 Å². The monoisotopic (exact) mass is 478 g/mol. The van der Waals surface area contributed by atoms with Crippen LogP contribution in [0.1, 0.15) is 71.2 Å². The summed E-state index contributed by atoms with van der Waals surface area (Å²) < 4.78 is 4.69. The lowest BCUT2D eigenvalue weighted by atomic mass is 9.92. The predicted octanol–water partition coefficient (Wildman–Crippen LogP) is 3.78. The minimum absolute atomic E-state index is 0.105. The van der Waals surface area contributed by atoms with Gasteiger partial charge in [-0.1, -0.05) is 31.4 Å². The number of methoxy groups -OCH3 is 1. The molecule has 2 aliphatic rings. The van der Waals surface area contributed by atoms with E-state index in [1.807, 2.05) is 24.3 Å². The van der Waals surface area contributed by atoms with Crippen LogP contribution in [0.3, 0.4) is 0 Å². The van der Waals surface area contributed by atoms with Crippen molar-refractivity contribution in [3.8, 4) is 0 Å². The number of hydrogen-bond acceptors (Lipinski definition) is 6. The fraction of sp³-hybridized carbons (Fsp3) is 0.481. The Morgan fingerprint density at radius 2 is 1.74 bits per heavy atom. The molecule has 1 aromatic heterocycles. The quantitative estimate of drug-likeness (QED) is 0.588. The van der Waals surface area contributed by atoms with Crippen LogP contribution in [0.25, 0.3) is 0 Å². The lowest BCUT2D eigenvalue weighted by Gasteiger charge is -2.32. The van der Waals surface area contributed by atoms with Crippen molar-refractivity contribution in [1.29, 1.82) is 0 Å². The fourth-order valence-electron chi connectivity index (χ4n) is 4.92. The van der Waals surface area contributed by atoms with E-state index in [0.29, 0.717) is 11.7 Å². The third-order valence-electron chi connectivity index (χ3n) is 6.92. The average Bonchev–Trinajstić information content (AvgIpc) is 2.89. The smallest absolute Gasteiger partial charge is 0.339 e. The van der Waals surface area contributed by atoms with E-state index >= 15 is 0 Å². The Kier molecular flexibility index (Phi) is 8.47. The molecule has 1 aromatic carbocycles. The Morgan fingerprint density at radius 1 is 1.00 bits per heavy atom. The third kappa shape index (κ3) is 6.88. The van der Waals surface area contributed by atoms with E-state index in [4.69, 9.17) is 4.74 Å². The molecule has 2 aromatic rings. The highest BCUT2D eigenvalue weighted by atomic mass is 16.5. The highest BCUT2D eigenvalue weighted by Crippen LogP contribution is 2.23. The number of ether oxygens (including phenoxy) is 1. The van der Waals surface area contributed by atoms with Gasteiger partial charge < -0.3 is 15.4 Å². The van der Waals surface area contributed by atoms with Gasteiger partial charge in [-0.05, 0) is 62.5 Å². The number of aromatic nitrogens is 1. The van der Waals surface area contributed by atoms with Gasteiger partial charge >= 0.3 is 5.97 Å². The molecule has 0 unspecified atom stereocenters. The summed E-state index contributed by atoms with van der Waals surface area (Å²) in [5.74, 6) is -0.547. The number of likely N-dealkylation sites (tertiary alicyclic amines) is 1. The Hall–Kier alpha value is -3.26. The van der Waals surface area contributed by atoms with Crippen molar-refractivity contribution in [2.45, 2.75) is 57.5 Å². The van der Waals surface area contributed by atoms with Gasteiger partial charge in [-0.25, -0.2) is 4.79 Å². The molecule has 186 valence electrons. The summed E-state index contributed by atoms with van der Waals surface area (Å²) in [5.41, 5.74) is 2.28. The van der Waals surface area contributed by atoms with E-state index in [2.05, 4.69) is 20.5 Å². The van der Waals surface area contributed by atoms with Gasteiger partial charge in [-0.3, -0.25) is 19.5 Å². The molecule has 2 heterocycles. The van der Waals surface area contributed by atoms with Crippen molar-refractivity contribution in [2.24, 2.45) is 5.92 Å². The number of hydrogen-bond donors (Lipinski definition) is 2. The van der Waals surface area contributed by atoms with Gasteiger partial charge in [0.05, 0.1) is 18.2 Å². The number of benzene rings is 1. The number of esters is 1. The molecule has 1 aliphatic carbocycles. The first-order valence-electron chi connectivity index (χ1n) is 12.5. The molecule has 2 amide bonds. The van der Waals surface area contributed by atoms with E-state index < -0.39 is 5.97 Å². The summed E-state index contributed by atoms with van der Waals surface area (Å²) >= 11 is 0. The fourth-order valence-corrected chi connectivity index (χ4v) is 4.92. The van der Waals surface area contributed by atoms with E-state index in [1.54, 1.807) is 0 Å². The zero-order valence-electron chi connectivity index (χ0n) is 20.3. The third-order valence-corrected chi connectivity index (χ3v) is 6.92. The predicted molar refractivity (Wildman–Crippen MR) is 133 cm³/mol. The van der Waals surface area contributed by atoms with Crippen molar-refractivity contribution < 1.29 is 19.1 Å². The van der Waals surface area contributed by atoms with Crippen LogP contribution in [-0.2, 0) is 16.1 Å². The zero-order chi connectivity index (χ0) is 24.6. The van der Waals surface area contributed by atoms with Crippen LogP contribution in [0, 0.1) is 5.92 Å². The maximum atomic E-state index is 12.7. The van der Waals surface area contributed by atoms with E-state index in [0.717, 1.165) is 50.9 Å². The molecule has 8 heteroatoms. The molecule has 2 fully saturated rings. The Labute approximate surface area is 206 Å². The summed E-state index contributed by atoms with van der Waals surface area (Å²) in [6, 6.07) is 9.58. The van der Waals surface area contributed by atoms with Crippen LogP contribution >= 0.6 is 0 Å². The molecule has 1 aliphatic heterocycles. The molecule has 0 radical (unpaired) electrons. The van der Waals surface area contributed by atoms with Crippen LogP contribution in [0.5, 0.6) is 0 Å². The summed E-state index contributed by atoms with van der Waals surface area (Å²) in [5, 5.41) is 6.16. The maximum Gasteiger partial charge on any atom is 0.339 e. The molecule has 4 rings (SSSR count). The lowest BCUT2D eigenvalue weighted by molar-refractivity contribution is -0.127. The van der Waals surface area contributed by atoms with Gasteiger partial charge in [-0.15, -0.1) is 0 Å². The molecular formula is C27H34N4O4. The Balaban J connectivity index is 1.28. The molecule has 1 saturated heterocycles. The largest absolute Gasteiger partial charge is 0.465 e. The van der Waals surface area contributed by atoms with Crippen molar-refractivity contribution in [1.82, 2.24) is 15.2 Å². The average molecular weight is 479 g/mol. The summed E-state index contributed by atoms with van der Waals surface area (Å²) in [6.45, 7) is 2.52. The second-order valence-electron chi connectivity index (χ2n) is 9.50. The summed E-state index contributed by atoms with van der Waals surface area (Å²) in [7, 11) is 1.29. The number of nitrogens with zero attached hydrogens (tertiary/aromatic N) is 2. The summed E-state index contributed by atoms with van der Waals surface area (Å²) in [4.78, 5) is 43.4. The van der Waals surface area contributed by atoms with Crippen molar-refractivity contribution in [2.75, 3.05) is 25.5 Å². The molecule has 0 atom stereocenters. The van der Waals surface area contributed by atoms with E-state index in [1.165, 1.54) is 44.8 Å². The first kappa shape index (κ1) is 24.9. The standard InChI is InChI=1S/C27H34N4O4/c1-35-27(34)22-15-21(16-28-17-22)26(33)30-24-9-5-6-19(14-24)18-31-12-10-20(11-13-31)25(32)29-23-7-3-2-4-8-23/h5-6,9,14-17,20,23H,2-4,7-8,10-13,18H2,1H3,(H,29,32)(H,30,33). The molecule has 0 spiro atoms. The second kappa shape index (κ2) is 11.9. The van der Waals surface area contributed by atoms with Gasteiger partial charge in [-0.2, -0.15) is 0 Å².